The SMILES string of the molecule is COc1ccc(C(O)c2ccccc2C)c(C)c1. The maximum Gasteiger partial charge on any atom is 0.119 e. The zero-order chi connectivity index (χ0) is 13.1. The average Bonchev–Trinajstić information content (AvgIpc) is 2.38. The van der Waals surface area contributed by atoms with Crippen molar-refractivity contribution < 1.29 is 9.84 Å². The predicted molar refractivity (Wildman–Crippen MR) is 73.0 cm³/mol. The molecule has 2 rings (SSSR count). The first kappa shape index (κ1) is 12.7. The van der Waals surface area contributed by atoms with Gasteiger partial charge in [-0.3, -0.25) is 0 Å². The molecular formula is C16H18O2. The van der Waals surface area contributed by atoms with Gasteiger partial charge in [-0.25, -0.2) is 0 Å². The largest absolute Gasteiger partial charge is 0.497 e. The standard InChI is InChI=1S/C16H18O2/c1-11-6-4-5-7-14(11)16(17)15-9-8-13(18-3)10-12(15)2/h4-10,16-17H,1-3H3. The van der Waals surface area contributed by atoms with Crippen molar-refractivity contribution in [1.82, 2.24) is 0 Å². The van der Waals surface area contributed by atoms with Crippen LogP contribution in [0.5, 0.6) is 5.75 Å². The lowest BCUT2D eigenvalue weighted by Gasteiger charge is -2.17. The molecule has 0 saturated carbocycles. The van der Waals surface area contributed by atoms with Gasteiger partial charge < -0.3 is 9.84 Å². The van der Waals surface area contributed by atoms with Crippen LogP contribution in [0.4, 0.5) is 0 Å². The van der Waals surface area contributed by atoms with Gasteiger partial charge in [0.15, 0.2) is 0 Å². The van der Waals surface area contributed by atoms with E-state index in [2.05, 4.69) is 0 Å². The third-order valence-electron chi connectivity index (χ3n) is 3.25. The summed E-state index contributed by atoms with van der Waals surface area (Å²) in [5.41, 5.74) is 4.00. The minimum absolute atomic E-state index is 0.586. The fourth-order valence-electron chi connectivity index (χ4n) is 2.14. The minimum Gasteiger partial charge on any atom is -0.497 e. The van der Waals surface area contributed by atoms with E-state index in [0.717, 1.165) is 28.0 Å². The summed E-state index contributed by atoms with van der Waals surface area (Å²) in [6.45, 7) is 4.00. The molecule has 18 heavy (non-hydrogen) atoms. The van der Waals surface area contributed by atoms with Crippen molar-refractivity contribution in [2.45, 2.75) is 20.0 Å². The van der Waals surface area contributed by atoms with Gasteiger partial charge in [0.25, 0.3) is 0 Å². The lowest BCUT2D eigenvalue weighted by atomic mass is 9.94. The van der Waals surface area contributed by atoms with Crippen LogP contribution in [-0.2, 0) is 0 Å². The number of hydrogen-bond donors (Lipinski definition) is 1. The van der Waals surface area contributed by atoms with Gasteiger partial charge in [-0.2, -0.15) is 0 Å². The molecule has 2 aromatic carbocycles. The Bertz CT molecular complexity index is 547. The Kier molecular flexibility index (Phi) is 3.68. The Morgan fingerprint density at radius 1 is 0.944 bits per heavy atom. The Balaban J connectivity index is 2.40. The fourth-order valence-corrected chi connectivity index (χ4v) is 2.14. The summed E-state index contributed by atoms with van der Waals surface area (Å²) < 4.78 is 5.18. The average molecular weight is 242 g/mol. The van der Waals surface area contributed by atoms with Crippen molar-refractivity contribution in [2.24, 2.45) is 0 Å². The molecular weight excluding hydrogens is 224 g/mol. The van der Waals surface area contributed by atoms with Crippen LogP contribution < -0.4 is 4.74 Å². The van der Waals surface area contributed by atoms with Crippen molar-refractivity contribution >= 4 is 0 Å². The second-order valence-corrected chi connectivity index (χ2v) is 4.48. The molecule has 1 unspecified atom stereocenters. The van der Waals surface area contributed by atoms with Gasteiger partial charge in [-0.1, -0.05) is 30.3 Å². The Labute approximate surface area is 108 Å². The smallest absolute Gasteiger partial charge is 0.119 e. The molecule has 2 nitrogen and oxygen atoms in total. The molecule has 0 saturated heterocycles. The Hall–Kier alpha value is -1.80. The van der Waals surface area contributed by atoms with Crippen molar-refractivity contribution in [3.63, 3.8) is 0 Å². The molecule has 1 atom stereocenters. The first-order valence-electron chi connectivity index (χ1n) is 6.01. The molecule has 94 valence electrons. The van der Waals surface area contributed by atoms with E-state index in [9.17, 15) is 5.11 Å². The van der Waals surface area contributed by atoms with Crippen molar-refractivity contribution in [3.8, 4) is 5.75 Å². The van der Waals surface area contributed by atoms with Crippen LogP contribution in [0.1, 0.15) is 28.4 Å². The summed E-state index contributed by atoms with van der Waals surface area (Å²) in [5.74, 6) is 0.813. The lowest BCUT2D eigenvalue weighted by Crippen LogP contribution is -2.04. The molecule has 0 bridgehead atoms. The van der Waals surface area contributed by atoms with Crippen LogP contribution >= 0.6 is 0 Å². The van der Waals surface area contributed by atoms with Crippen molar-refractivity contribution in [2.75, 3.05) is 7.11 Å². The van der Waals surface area contributed by atoms with Crippen LogP contribution in [-0.4, -0.2) is 12.2 Å². The van der Waals surface area contributed by atoms with E-state index in [0.29, 0.717) is 0 Å². The molecule has 2 heteroatoms. The van der Waals surface area contributed by atoms with E-state index in [1.807, 2.05) is 56.3 Å². The highest BCUT2D eigenvalue weighted by Crippen LogP contribution is 2.28. The minimum atomic E-state index is -0.586. The molecule has 0 aromatic heterocycles. The monoisotopic (exact) mass is 242 g/mol. The highest BCUT2D eigenvalue weighted by Gasteiger charge is 2.14. The van der Waals surface area contributed by atoms with E-state index in [4.69, 9.17) is 4.74 Å². The van der Waals surface area contributed by atoms with Crippen molar-refractivity contribution in [1.29, 1.82) is 0 Å². The Morgan fingerprint density at radius 3 is 2.22 bits per heavy atom. The van der Waals surface area contributed by atoms with Gasteiger partial charge in [0.05, 0.1) is 7.11 Å². The van der Waals surface area contributed by atoms with Crippen molar-refractivity contribution in [3.05, 3.63) is 64.7 Å². The molecule has 0 aliphatic rings. The molecule has 0 radical (unpaired) electrons. The quantitative estimate of drug-likeness (QED) is 0.894. The number of methoxy groups -OCH3 is 1. The van der Waals surface area contributed by atoms with Crippen LogP contribution in [0.15, 0.2) is 42.5 Å². The van der Waals surface area contributed by atoms with Crippen LogP contribution in [0, 0.1) is 13.8 Å². The molecule has 0 aliphatic heterocycles. The second kappa shape index (κ2) is 5.23. The third kappa shape index (κ3) is 2.39. The summed E-state index contributed by atoms with van der Waals surface area (Å²) in [6, 6.07) is 13.6. The van der Waals surface area contributed by atoms with Gasteiger partial charge in [-0.05, 0) is 48.2 Å². The first-order valence-corrected chi connectivity index (χ1v) is 6.01. The molecule has 0 spiro atoms. The normalized spacial score (nSPS) is 12.2. The molecule has 0 aliphatic carbocycles. The molecule has 0 amide bonds. The maximum absolute atomic E-state index is 10.5. The van der Waals surface area contributed by atoms with Gasteiger partial charge in [0.1, 0.15) is 11.9 Å². The number of aliphatic hydroxyl groups is 1. The number of benzene rings is 2. The fraction of sp³-hybridized carbons (Fsp3) is 0.250. The van der Waals surface area contributed by atoms with Gasteiger partial charge >= 0.3 is 0 Å². The summed E-state index contributed by atoms with van der Waals surface area (Å²) >= 11 is 0. The number of ether oxygens (including phenoxy) is 1. The third-order valence-corrected chi connectivity index (χ3v) is 3.25. The second-order valence-electron chi connectivity index (χ2n) is 4.48. The van der Waals surface area contributed by atoms with Crippen LogP contribution in [0.3, 0.4) is 0 Å². The van der Waals surface area contributed by atoms with Crippen LogP contribution in [0.2, 0.25) is 0 Å². The van der Waals surface area contributed by atoms with Crippen LogP contribution in [0.25, 0.3) is 0 Å². The van der Waals surface area contributed by atoms with E-state index in [-0.39, 0.29) is 0 Å². The summed E-state index contributed by atoms with van der Waals surface area (Å²) in [6.07, 6.45) is -0.586. The summed E-state index contributed by atoms with van der Waals surface area (Å²) in [7, 11) is 1.65. The maximum atomic E-state index is 10.5. The first-order chi connectivity index (χ1) is 8.63. The number of hydrogen-bond acceptors (Lipinski definition) is 2. The van der Waals surface area contributed by atoms with E-state index in [1.54, 1.807) is 7.11 Å². The van der Waals surface area contributed by atoms with Gasteiger partial charge in [0, 0.05) is 0 Å². The summed E-state index contributed by atoms with van der Waals surface area (Å²) in [5, 5.41) is 10.5. The zero-order valence-electron chi connectivity index (χ0n) is 11.0. The number of aliphatic hydroxyl groups excluding tert-OH is 1. The lowest BCUT2D eigenvalue weighted by molar-refractivity contribution is 0.218. The van der Waals surface area contributed by atoms with Gasteiger partial charge in [0.2, 0.25) is 0 Å². The molecule has 0 fully saturated rings. The number of aryl methyl sites for hydroxylation is 2. The van der Waals surface area contributed by atoms with E-state index < -0.39 is 6.10 Å². The molecule has 2 aromatic rings. The Morgan fingerprint density at radius 2 is 1.61 bits per heavy atom. The highest BCUT2D eigenvalue weighted by atomic mass is 16.5. The summed E-state index contributed by atoms with van der Waals surface area (Å²) in [4.78, 5) is 0. The molecule has 0 heterocycles. The molecule has 1 N–H and O–H groups in total. The number of rotatable bonds is 3. The van der Waals surface area contributed by atoms with E-state index in [1.165, 1.54) is 0 Å². The van der Waals surface area contributed by atoms with Gasteiger partial charge in [-0.15, -0.1) is 0 Å². The highest BCUT2D eigenvalue weighted by molar-refractivity contribution is 5.41. The topological polar surface area (TPSA) is 29.5 Å². The zero-order valence-corrected chi connectivity index (χ0v) is 11.0. The van der Waals surface area contributed by atoms with E-state index >= 15 is 0 Å². The predicted octanol–water partition coefficient (Wildman–Crippen LogP) is 3.39.